The first-order valence-corrected chi connectivity index (χ1v) is 7.72. The summed E-state index contributed by atoms with van der Waals surface area (Å²) in [6.07, 6.45) is 0. The van der Waals surface area contributed by atoms with Gasteiger partial charge < -0.3 is 15.0 Å². The lowest BCUT2D eigenvalue weighted by atomic mass is 10.2. The molecule has 1 saturated heterocycles. The number of anilines is 3. The van der Waals surface area contributed by atoms with Gasteiger partial charge in [-0.2, -0.15) is 0 Å². The Balaban J connectivity index is 1.65. The molecule has 3 nitrogen and oxygen atoms in total. The molecule has 0 aromatic heterocycles. The van der Waals surface area contributed by atoms with E-state index in [9.17, 15) is 0 Å². The summed E-state index contributed by atoms with van der Waals surface area (Å²) in [4.78, 5) is 4.97. The molecule has 2 aliphatic heterocycles. The summed E-state index contributed by atoms with van der Waals surface area (Å²) >= 11 is 1.83. The van der Waals surface area contributed by atoms with Gasteiger partial charge in [-0.15, -0.1) is 0 Å². The molecule has 0 aliphatic carbocycles. The van der Waals surface area contributed by atoms with Crippen LogP contribution < -0.4 is 10.2 Å². The summed E-state index contributed by atoms with van der Waals surface area (Å²) in [7, 11) is 0. The Morgan fingerprint density at radius 2 is 1.75 bits per heavy atom. The van der Waals surface area contributed by atoms with Crippen molar-refractivity contribution in [1.82, 2.24) is 0 Å². The van der Waals surface area contributed by atoms with Crippen LogP contribution in [0.4, 0.5) is 17.1 Å². The van der Waals surface area contributed by atoms with Crippen LogP contribution in [0.15, 0.2) is 52.3 Å². The molecule has 0 radical (unpaired) electrons. The Bertz CT molecular complexity index is 638. The summed E-state index contributed by atoms with van der Waals surface area (Å²) in [6.45, 7) is 3.59. The molecule has 0 bridgehead atoms. The molecule has 4 rings (SSSR count). The molecule has 2 aromatic carbocycles. The molecule has 0 atom stereocenters. The molecule has 102 valence electrons. The maximum atomic E-state index is 5.42. The van der Waals surface area contributed by atoms with Crippen molar-refractivity contribution < 1.29 is 4.74 Å². The molecule has 2 aromatic rings. The molecular weight excluding hydrogens is 268 g/mol. The van der Waals surface area contributed by atoms with Crippen molar-refractivity contribution in [3.05, 3.63) is 42.5 Å². The second-order valence-electron chi connectivity index (χ2n) is 5.00. The Morgan fingerprint density at radius 3 is 2.65 bits per heavy atom. The average Bonchev–Trinajstić information content (AvgIpc) is 2.53. The van der Waals surface area contributed by atoms with Gasteiger partial charge in [0.05, 0.1) is 24.6 Å². The predicted molar refractivity (Wildman–Crippen MR) is 83.3 cm³/mol. The number of ether oxygens (including phenoxy) is 1. The zero-order chi connectivity index (χ0) is 13.4. The lowest BCUT2D eigenvalue weighted by Gasteiger charge is -2.30. The number of morpholine rings is 1. The van der Waals surface area contributed by atoms with E-state index >= 15 is 0 Å². The zero-order valence-electron chi connectivity index (χ0n) is 11.1. The number of hydrogen-bond acceptors (Lipinski definition) is 4. The monoisotopic (exact) mass is 284 g/mol. The smallest absolute Gasteiger partial charge is 0.0642 e. The molecular formula is C16H16N2OS. The van der Waals surface area contributed by atoms with Gasteiger partial charge in [-0.1, -0.05) is 23.9 Å². The van der Waals surface area contributed by atoms with Crippen molar-refractivity contribution in [1.29, 1.82) is 0 Å². The third-order valence-electron chi connectivity index (χ3n) is 3.72. The van der Waals surface area contributed by atoms with Gasteiger partial charge in [-0.3, -0.25) is 0 Å². The van der Waals surface area contributed by atoms with E-state index in [1.807, 2.05) is 11.8 Å². The normalized spacial score (nSPS) is 17.1. The fourth-order valence-corrected chi connectivity index (χ4v) is 3.61. The molecule has 20 heavy (non-hydrogen) atoms. The largest absolute Gasteiger partial charge is 0.378 e. The van der Waals surface area contributed by atoms with Crippen molar-refractivity contribution in [2.24, 2.45) is 0 Å². The van der Waals surface area contributed by atoms with E-state index in [0.29, 0.717) is 0 Å². The zero-order valence-corrected chi connectivity index (χ0v) is 12.0. The number of para-hydroxylation sites is 1. The van der Waals surface area contributed by atoms with Gasteiger partial charge in [0.15, 0.2) is 0 Å². The van der Waals surface area contributed by atoms with E-state index in [2.05, 4.69) is 52.7 Å². The highest BCUT2D eigenvalue weighted by molar-refractivity contribution is 7.99. The van der Waals surface area contributed by atoms with E-state index in [1.165, 1.54) is 26.9 Å². The van der Waals surface area contributed by atoms with Gasteiger partial charge in [0.2, 0.25) is 0 Å². The first kappa shape index (κ1) is 12.1. The van der Waals surface area contributed by atoms with Crippen molar-refractivity contribution in [2.75, 3.05) is 36.5 Å². The minimum atomic E-state index is 0.822. The second kappa shape index (κ2) is 5.04. The minimum absolute atomic E-state index is 0.822. The maximum absolute atomic E-state index is 5.42. The highest BCUT2D eigenvalue weighted by atomic mass is 32.2. The van der Waals surface area contributed by atoms with E-state index in [0.717, 1.165) is 26.3 Å². The van der Waals surface area contributed by atoms with Gasteiger partial charge in [0.1, 0.15) is 0 Å². The van der Waals surface area contributed by atoms with Gasteiger partial charge in [-0.05, 0) is 30.3 Å². The third-order valence-corrected chi connectivity index (χ3v) is 4.87. The van der Waals surface area contributed by atoms with E-state index in [4.69, 9.17) is 4.74 Å². The lowest BCUT2D eigenvalue weighted by Crippen LogP contribution is -2.36. The summed E-state index contributed by atoms with van der Waals surface area (Å²) in [6, 6.07) is 15.1. The van der Waals surface area contributed by atoms with E-state index in [-0.39, 0.29) is 0 Å². The van der Waals surface area contributed by atoms with Crippen LogP contribution in [0.1, 0.15) is 0 Å². The molecule has 1 N–H and O–H groups in total. The van der Waals surface area contributed by atoms with Crippen LogP contribution in [0, 0.1) is 0 Å². The number of fused-ring (bicyclic) bond motifs is 2. The van der Waals surface area contributed by atoms with Crippen LogP contribution in [-0.2, 0) is 4.74 Å². The second-order valence-corrected chi connectivity index (χ2v) is 6.09. The van der Waals surface area contributed by atoms with Crippen LogP contribution in [0.25, 0.3) is 0 Å². The topological polar surface area (TPSA) is 24.5 Å². The first-order valence-electron chi connectivity index (χ1n) is 6.91. The fourth-order valence-electron chi connectivity index (χ4n) is 2.65. The predicted octanol–water partition coefficient (Wildman–Crippen LogP) is 3.73. The van der Waals surface area contributed by atoms with Crippen molar-refractivity contribution in [3.8, 4) is 0 Å². The van der Waals surface area contributed by atoms with E-state index in [1.54, 1.807) is 0 Å². The summed E-state index contributed by atoms with van der Waals surface area (Å²) in [5.74, 6) is 0. The molecule has 0 amide bonds. The van der Waals surface area contributed by atoms with Crippen molar-refractivity contribution in [2.45, 2.75) is 9.79 Å². The number of nitrogens with one attached hydrogen (secondary N) is 1. The minimum Gasteiger partial charge on any atom is -0.378 e. The molecule has 2 aliphatic rings. The van der Waals surface area contributed by atoms with Crippen molar-refractivity contribution in [3.63, 3.8) is 0 Å². The van der Waals surface area contributed by atoms with Crippen molar-refractivity contribution >= 4 is 28.8 Å². The summed E-state index contributed by atoms with van der Waals surface area (Å²) in [5, 5.41) is 3.54. The number of rotatable bonds is 1. The van der Waals surface area contributed by atoms with Gasteiger partial charge in [0.25, 0.3) is 0 Å². The molecule has 0 unspecified atom stereocenters. The summed E-state index contributed by atoms with van der Waals surface area (Å²) in [5.41, 5.74) is 3.68. The Morgan fingerprint density at radius 1 is 0.950 bits per heavy atom. The number of nitrogens with zero attached hydrogens (tertiary/aromatic N) is 1. The average molecular weight is 284 g/mol. The van der Waals surface area contributed by atoms with Crippen LogP contribution >= 0.6 is 11.8 Å². The number of hydrogen-bond donors (Lipinski definition) is 1. The van der Waals surface area contributed by atoms with Gasteiger partial charge in [-0.25, -0.2) is 0 Å². The Labute approximate surface area is 122 Å². The highest BCUT2D eigenvalue weighted by Gasteiger charge is 2.17. The molecule has 4 heteroatoms. The Hall–Kier alpha value is -1.65. The molecule has 2 heterocycles. The standard InChI is InChI=1S/C16H16N2OS/c1-2-4-15-13(3-1)17-14-11-12(5-6-16(14)20-15)18-7-9-19-10-8-18/h1-6,11,17H,7-10H2. The van der Waals surface area contributed by atoms with Crippen LogP contribution in [0.3, 0.4) is 0 Å². The quantitative estimate of drug-likeness (QED) is 0.736. The Kier molecular flexibility index (Phi) is 3.05. The number of benzene rings is 2. The third kappa shape index (κ3) is 2.15. The lowest BCUT2D eigenvalue weighted by molar-refractivity contribution is 0.122. The highest BCUT2D eigenvalue weighted by Crippen LogP contribution is 2.45. The van der Waals surface area contributed by atoms with Gasteiger partial charge >= 0.3 is 0 Å². The summed E-state index contributed by atoms with van der Waals surface area (Å²) < 4.78 is 5.42. The maximum Gasteiger partial charge on any atom is 0.0642 e. The van der Waals surface area contributed by atoms with Crippen LogP contribution in [-0.4, -0.2) is 26.3 Å². The van der Waals surface area contributed by atoms with Crippen LogP contribution in [0.5, 0.6) is 0 Å². The van der Waals surface area contributed by atoms with E-state index < -0.39 is 0 Å². The molecule has 0 spiro atoms. The molecule has 0 saturated carbocycles. The first-order chi connectivity index (χ1) is 9.90. The van der Waals surface area contributed by atoms with Crippen LogP contribution in [0.2, 0.25) is 0 Å². The SMILES string of the molecule is c1ccc2c(c1)Nc1cc(N3CCOCC3)ccc1S2. The van der Waals surface area contributed by atoms with Gasteiger partial charge in [0, 0.05) is 28.6 Å². The molecule has 1 fully saturated rings. The fraction of sp³-hybridized carbons (Fsp3) is 0.250.